The van der Waals surface area contributed by atoms with Crippen LogP contribution in [0.4, 0.5) is 10.9 Å². The molecular formula is C12H21N5OS. The first-order chi connectivity index (χ1) is 9.20. The van der Waals surface area contributed by atoms with Gasteiger partial charge in [0.05, 0.1) is 0 Å². The van der Waals surface area contributed by atoms with Gasteiger partial charge in [-0.2, -0.15) is 0 Å². The van der Waals surface area contributed by atoms with Crippen LogP contribution in [-0.2, 0) is 0 Å². The van der Waals surface area contributed by atoms with Crippen LogP contribution in [0.2, 0.25) is 0 Å². The van der Waals surface area contributed by atoms with E-state index in [4.69, 9.17) is 5.73 Å². The Balaban J connectivity index is 1.78. The van der Waals surface area contributed by atoms with Gasteiger partial charge in [-0.15, -0.1) is 0 Å². The second-order valence-electron chi connectivity index (χ2n) is 4.62. The van der Waals surface area contributed by atoms with Crippen LogP contribution in [0.1, 0.15) is 35.9 Å². The number of aromatic nitrogens is 1. The fourth-order valence-corrected chi connectivity index (χ4v) is 2.51. The summed E-state index contributed by atoms with van der Waals surface area (Å²) in [5.74, 6) is 0.188. The number of hydrogen-bond acceptors (Lipinski definition) is 6. The molecule has 1 amide bonds. The Bertz CT molecular complexity index is 430. The largest absolute Gasteiger partial charge is 0.382 e. The van der Waals surface area contributed by atoms with E-state index in [2.05, 4.69) is 27.9 Å². The molecule has 1 aromatic heterocycles. The summed E-state index contributed by atoms with van der Waals surface area (Å²) in [4.78, 5) is 16.6. The van der Waals surface area contributed by atoms with Crippen molar-refractivity contribution in [3.8, 4) is 0 Å². The van der Waals surface area contributed by atoms with Crippen LogP contribution in [0.5, 0.6) is 0 Å². The lowest BCUT2D eigenvalue weighted by molar-refractivity contribution is 0.0958. The Kier molecular flexibility index (Phi) is 4.98. The molecule has 1 aliphatic rings. The smallest absolute Gasteiger partial charge is 0.265 e. The van der Waals surface area contributed by atoms with Gasteiger partial charge in [0.25, 0.3) is 5.91 Å². The van der Waals surface area contributed by atoms with Gasteiger partial charge in [0, 0.05) is 12.6 Å². The minimum atomic E-state index is -0.129. The third-order valence-corrected chi connectivity index (χ3v) is 3.83. The quantitative estimate of drug-likeness (QED) is 0.535. The number of thiazole rings is 1. The zero-order valence-corrected chi connectivity index (χ0v) is 12.0. The van der Waals surface area contributed by atoms with E-state index in [1.807, 2.05) is 0 Å². The van der Waals surface area contributed by atoms with Crippen LogP contribution in [0, 0.1) is 0 Å². The van der Waals surface area contributed by atoms with Crippen LogP contribution in [0.15, 0.2) is 0 Å². The number of nitrogen functional groups attached to an aromatic ring is 1. The lowest BCUT2D eigenvalue weighted by Gasteiger charge is -2.04. The number of nitrogens with two attached hydrogens (primary N) is 1. The highest BCUT2D eigenvalue weighted by Gasteiger charge is 2.24. The van der Waals surface area contributed by atoms with Gasteiger partial charge in [-0.05, 0) is 32.4 Å². The van der Waals surface area contributed by atoms with Crippen LogP contribution in [-0.4, -0.2) is 36.6 Å². The number of anilines is 2. The van der Waals surface area contributed by atoms with Crippen molar-refractivity contribution < 1.29 is 4.79 Å². The molecule has 0 atom stereocenters. The molecule has 2 rings (SSSR count). The van der Waals surface area contributed by atoms with Gasteiger partial charge in [0.1, 0.15) is 10.7 Å². The molecule has 1 aromatic rings. The Hall–Kier alpha value is -1.34. The van der Waals surface area contributed by atoms with E-state index in [0.717, 1.165) is 24.6 Å². The van der Waals surface area contributed by atoms with E-state index in [-0.39, 0.29) is 5.91 Å². The topological polar surface area (TPSA) is 92.1 Å². The van der Waals surface area contributed by atoms with E-state index in [0.29, 0.717) is 23.3 Å². The second-order valence-corrected chi connectivity index (χ2v) is 5.61. The Morgan fingerprint density at radius 3 is 2.95 bits per heavy atom. The number of carbonyl (C=O) groups is 1. The van der Waals surface area contributed by atoms with Crippen LogP contribution >= 0.6 is 11.3 Å². The maximum atomic E-state index is 11.9. The monoisotopic (exact) mass is 283 g/mol. The summed E-state index contributed by atoms with van der Waals surface area (Å²) in [6.45, 7) is 4.56. The minimum absolute atomic E-state index is 0.129. The number of rotatable bonds is 8. The molecule has 0 spiro atoms. The Morgan fingerprint density at radius 1 is 1.47 bits per heavy atom. The van der Waals surface area contributed by atoms with E-state index in [1.54, 1.807) is 0 Å². The molecule has 0 bridgehead atoms. The number of nitrogens with one attached hydrogen (secondary N) is 3. The summed E-state index contributed by atoms with van der Waals surface area (Å²) in [5.41, 5.74) is 5.78. The number of amides is 1. The molecule has 0 unspecified atom stereocenters. The Labute approximate surface area is 117 Å². The summed E-state index contributed by atoms with van der Waals surface area (Å²) in [6.07, 6.45) is 3.25. The third kappa shape index (κ3) is 4.36. The highest BCUT2D eigenvalue weighted by molar-refractivity contribution is 7.18. The maximum absolute atomic E-state index is 11.9. The molecular weight excluding hydrogens is 262 g/mol. The summed E-state index contributed by atoms with van der Waals surface area (Å²) < 4.78 is 0. The van der Waals surface area contributed by atoms with E-state index < -0.39 is 0 Å². The van der Waals surface area contributed by atoms with Gasteiger partial charge in [-0.25, -0.2) is 4.98 Å². The third-order valence-electron chi connectivity index (χ3n) is 2.83. The summed E-state index contributed by atoms with van der Waals surface area (Å²) in [6, 6.07) is 0.515. The predicted molar refractivity (Wildman–Crippen MR) is 78.7 cm³/mol. The first-order valence-corrected chi connectivity index (χ1v) is 7.54. The molecule has 6 nitrogen and oxygen atoms in total. The molecule has 0 aliphatic heterocycles. The normalized spacial score (nSPS) is 14.4. The molecule has 0 aromatic carbocycles. The van der Waals surface area contributed by atoms with Gasteiger partial charge in [0.2, 0.25) is 0 Å². The van der Waals surface area contributed by atoms with Crippen molar-refractivity contribution >= 4 is 28.2 Å². The molecule has 1 aliphatic carbocycles. The lowest BCUT2D eigenvalue weighted by Crippen LogP contribution is -2.27. The molecule has 7 heteroatoms. The first kappa shape index (κ1) is 14.1. The molecule has 1 fully saturated rings. The number of hydrogen-bond donors (Lipinski definition) is 4. The molecule has 5 N–H and O–H groups in total. The average molecular weight is 283 g/mol. The van der Waals surface area contributed by atoms with Gasteiger partial charge in [-0.3, -0.25) is 4.79 Å². The van der Waals surface area contributed by atoms with Crippen molar-refractivity contribution in [1.82, 2.24) is 15.6 Å². The molecule has 1 heterocycles. The van der Waals surface area contributed by atoms with Crippen LogP contribution in [0.25, 0.3) is 0 Å². The number of carbonyl (C=O) groups excluding carboxylic acids is 1. The fourth-order valence-electron chi connectivity index (χ4n) is 1.63. The SMILES string of the molecule is CCNCCCNC(=O)c1sc(NC2CC2)nc1N. The molecule has 1 saturated carbocycles. The maximum Gasteiger partial charge on any atom is 0.265 e. The highest BCUT2D eigenvalue weighted by Crippen LogP contribution is 2.30. The number of nitrogens with zero attached hydrogens (tertiary/aromatic N) is 1. The fraction of sp³-hybridized carbons (Fsp3) is 0.667. The summed E-state index contributed by atoms with van der Waals surface area (Å²) >= 11 is 1.33. The molecule has 0 radical (unpaired) electrons. The summed E-state index contributed by atoms with van der Waals surface area (Å²) in [7, 11) is 0. The predicted octanol–water partition coefficient (Wildman–Crippen LogP) is 1.03. The lowest BCUT2D eigenvalue weighted by atomic mass is 10.4. The zero-order chi connectivity index (χ0) is 13.7. The van der Waals surface area contributed by atoms with Crippen LogP contribution in [0.3, 0.4) is 0 Å². The van der Waals surface area contributed by atoms with Gasteiger partial charge in [-0.1, -0.05) is 18.3 Å². The minimum Gasteiger partial charge on any atom is -0.382 e. The Morgan fingerprint density at radius 2 is 2.26 bits per heavy atom. The van der Waals surface area contributed by atoms with Crippen molar-refractivity contribution in [2.45, 2.75) is 32.2 Å². The molecule has 19 heavy (non-hydrogen) atoms. The molecule has 106 valence electrons. The van der Waals surface area contributed by atoms with Crippen molar-refractivity contribution in [1.29, 1.82) is 0 Å². The average Bonchev–Trinajstić information content (AvgIpc) is 3.11. The van der Waals surface area contributed by atoms with Gasteiger partial charge in [0.15, 0.2) is 5.13 Å². The van der Waals surface area contributed by atoms with Crippen molar-refractivity contribution in [2.75, 3.05) is 30.7 Å². The van der Waals surface area contributed by atoms with Gasteiger partial charge >= 0.3 is 0 Å². The van der Waals surface area contributed by atoms with E-state index >= 15 is 0 Å². The zero-order valence-electron chi connectivity index (χ0n) is 11.2. The summed E-state index contributed by atoms with van der Waals surface area (Å²) in [5, 5.41) is 10.1. The van der Waals surface area contributed by atoms with Crippen molar-refractivity contribution in [2.24, 2.45) is 0 Å². The standard InChI is InChI=1S/C12H21N5OS/c1-2-14-6-3-7-15-11(18)9-10(13)17-12(19-9)16-8-4-5-8/h8,14H,2-7,13H2,1H3,(H,15,18)(H,16,17). The van der Waals surface area contributed by atoms with E-state index in [9.17, 15) is 4.79 Å². The highest BCUT2D eigenvalue weighted by atomic mass is 32.1. The van der Waals surface area contributed by atoms with E-state index in [1.165, 1.54) is 24.2 Å². The van der Waals surface area contributed by atoms with Crippen LogP contribution < -0.4 is 21.7 Å². The molecule has 0 saturated heterocycles. The second kappa shape index (κ2) is 6.72. The van der Waals surface area contributed by atoms with Crippen molar-refractivity contribution in [3.05, 3.63) is 4.88 Å². The van der Waals surface area contributed by atoms with Gasteiger partial charge < -0.3 is 21.7 Å². The first-order valence-electron chi connectivity index (χ1n) is 6.72. The van der Waals surface area contributed by atoms with Crippen molar-refractivity contribution in [3.63, 3.8) is 0 Å².